The zero-order chi connectivity index (χ0) is 6.81. The summed E-state index contributed by atoms with van der Waals surface area (Å²) in [7, 11) is 1.56. The van der Waals surface area contributed by atoms with Gasteiger partial charge in [-0.15, -0.1) is 0 Å². The van der Waals surface area contributed by atoms with Crippen molar-refractivity contribution in [3.63, 3.8) is 0 Å². The van der Waals surface area contributed by atoms with Gasteiger partial charge in [0.25, 0.3) is 0 Å². The molecule has 0 spiro atoms. The van der Waals surface area contributed by atoms with E-state index in [1.807, 2.05) is 30.5 Å². The Hall–Kier alpha value is -1.25. The standard InChI is InChI=1S/C7H5BN2/c1-2-4-7-6(3-1)5-9-8-10-7/h1-5H. The van der Waals surface area contributed by atoms with Gasteiger partial charge in [-0.2, -0.15) is 0 Å². The van der Waals surface area contributed by atoms with Gasteiger partial charge in [-0.3, -0.25) is 0 Å². The van der Waals surface area contributed by atoms with Crippen molar-refractivity contribution < 1.29 is 0 Å². The molecule has 0 bridgehead atoms. The Morgan fingerprint density at radius 1 is 1.20 bits per heavy atom. The van der Waals surface area contributed by atoms with Crippen LogP contribution in [0.5, 0.6) is 0 Å². The van der Waals surface area contributed by atoms with Gasteiger partial charge in [0.15, 0.2) is 0 Å². The Morgan fingerprint density at radius 3 is 3.00 bits per heavy atom. The third kappa shape index (κ3) is 0.797. The molecule has 2 nitrogen and oxygen atoms in total. The van der Waals surface area contributed by atoms with E-state index in [1.165, 1.54) is 0 Å². The summed E-state index contributed by atoms with van der Waals surface area (Å²) in [5.74, 6) is 0. The van der Waals surface area contributed by atoms with Crippen LogP contribution in [0.25, 0.3) is 10.9 Å². The molecule has 2 aromatic rings. The summed E-state index contributed by atoms with van der Waals surface area (Å²) in [4.78, 5) is 7.97. The molecule has 0 atom stereocenters. The molecular weight excluding hydrogens is 123 g/mol. The van der Waals surface area contributed by atoms with Crippen LogP contribution in [-0.2, 0) is 0 Å². The summed E-state index contributed by atoms with van der Waals surface area (Å²) in [6.07, 6.45) is 1.81. The third-order valence-electron chi connectivity index (χ3n) is 1.41. The second kappa shape index (κ2) is 2.18. The van der Waals surface area contributed by atoms with Gasteiger partial charge in [0, 0.05) is 0 Å². The zero-order valence-electron chi connectivity index (χ0n) is 5.36. The molecule has 0 fully saturated rings. The van der Waals surface area contributed by atoms with Crippen LogP contribution < -0.4 is 0 Å². The minimum atomic E-state index is 0.998. The summed E-state index contributed by atoms with van der Waals surface area (Å²) < 4.78 is 0. The molecule has 3 heteroatoms. The van der Waals surface area contributed by atoms with Gasteiger partial charge in [-0.25, -0.2) is 0 Å². The van der Waals surface area contributed by atoms with Gasteiger partial charge in [0.2, 0.25) is 0 Å². The molecule has 0 N–H and O–H groups in total. The topological polar surface area (TPSA) is 25.8 Å². The average Bonchev–Trinajstić information content (AvgIpc) is 2.05. The molecule has 0 saturated carbocycles. The molecule has 0 unspecified atom stereocenters. The van der Waals surface area contributed by atoms with E-state index >= 15 is 0 Å². The minimum absolute atomic E-state index is 0.998. The fourth-order valence-electron chi connectivity index (χ4n) is 0.923. The molecule has 1 heterocycles. The fourth-order valence-corrected chi connectivity index (χ4v) is 0.923. The van der Waals surface area contributed by atoms with Crippen molar-refractivity contribution in [1.29, 1.82) is 0 Å². The predicted octanol–water partition coefficient (Wildman–Crippen LogP) is 0.968. The number of hydrogen-bond acceptors (Lipinski definition) is 2. The van der Waals surface area contributed by atoms with Gasteiger partial charge < -0.3 is 0 Å². The molecule has 0 radical (unpaired) electrons. The van der Waals surface area contributed by atoms with Crippen LogP contribution in [0.3, 0.4) is 0 Å². The molecule has 0 saturated heterocycles. The van der Waals surface area contributed by atoms with E-state index in [1.54, 1.807) is 7.19 Å². The van der Waals surface area contributed by atoms with E-state index in [4.69, 9.17) is 0 Å². The second-order valence-electron chi connectivity index (χ2n) is 2.08. The van der Waals surface area contributed by atoms with Crippen molar-refractivity contribution in [2.24, 2.45) is 0 Å². The summed E-state index contributed by atoms with van der Waals surface area (Å²) in [5, 5.41) is 1.09. The Kier molecular flexibility index (Phi) is 1.20. The van der Waals surface area contributed by atoms with Crippen LogP contribution in [0, 0.1) is 0 Å². The first-order valence-electron chi connectivity index (χ1n) is 3.11. The molecule has 0 aliphatic carbocycles. The number of benzene rings is 1. The SMILES string of the molecule is b1ncc2ccccc2n1. The average molecular weight is 128 g/mol. The van der Waals surface area contributed by atoms with E-state index in [-0.39, 0.29) is 0 Å². The van der Waals surface area contributed by atoms with E-state index < -0.39 is 0 Å². The van der Waals surface area contributed by atoms with Crippen LogP contribution in [0.2, 0.25) is 0 Å². The second-order valence-corrected chi connectivity index (χ2v) is 2.08. The molecular formula is C7H5BN2. The molecule has 0 aliphatic rings. The molecule has 0 aliphatic heterocycles. The number of rotatable bonds is 0. The van der Waals surface area contributed by atoms with E-state index in [0.717, 1.165) is 10.9 Å². The monoisotopic (exact) mass is 128 g/mol. The van der Waals surface area contributed by atoms with Crippen LogP contribution in [0.15, 0.2) is 30.5 Å². The first kappa shape index (κ1) is 5.53. The quantitative estimate of drug-likeness (QED) is 0.528. The summed E-state index contributed by atoms with van der Waals surface area (Å²) in [5.41, 5.74) is 0.998. The van der Waals surface area contributed by atoms with Gasteiger partial charge >= 0.3 is 58.3 Å². The fraction of sp³-hybridized carbons (Fsp3) is 0. The van der Waals surface area contributed by atoms with Gasteiger partial charge in [0.1, 0.15) is 0 Å². The molecule has 46 valence electrons. The van der Waals surface area contributed by atoms with E-state index in [9.17, 15) is 0 Å². The number of fused-ring (bicyclic) bond motifs is 1. The van der Waals surface area contributed by atoms with E-state index in [0.29, 0.717) is 0 Å². The zero-order valence-corrected chi connectivity index (χ0v) is 5.36. The maximum atomic E-state index is 4.07. The van der Waals surface area contributed by atoms with Crippen molar-refractivity contribution in [3.05, 3.63) is 30.5 Å². The molecule has 2 rings (SSSR count). The van der Waals surface area contributed by atoms with Crippen LogP contribution in [0.1, 0.15) is 0 Å². The van der Waals surface area contributed by atoms with Gasteiger partial charge in [-0.1, -0.05) is 0 Å². The maximum absolute atomic E-state index is 4.07. The normalized spacial score (nSPS) is 9.60. The van der Waals surface area contributed by atoms with Crippen molar-refractivity contribution >= 4 is 18.1 Å². The first-order chi connectivity index (χ1) is 4.97. The Labute approximate surface area is 59.2 Å². The summed E-state index contributed by atoms with van der Waals surface area (Å²) >= 11 is 0. The van der Waals surface area contributed by atoms with Gasteiger partial charge in [-0.05, 0) is 0 Å². The molecule has 1 aromatic heterocycles. The Morgan fingerprint density at radius 2 is 2.10 bits per heavy atom. The summed E-state index contributed by atoms with van der Waals surface area (Å²) in [6, 6.07) is 7.91. The number of aromatic nitrogens is 2. The van der Waals surface area contributed by atoms with Crippen molar-refractivity contribution in [1.82, 2.24) is 9.78 Å². The van der Waals surface area contributed by atoms with Crippen LogP contribution in [0.4, 0.5) is 0 Å². The van der Waals surface area contributed by atoms with Crippen LogP contribution >= 0.6 is 0 Å². The van der Waals surface area contributed by atoms with Crippen molar-refractivity contribution in [3.8, 4) is 0 Å². The molecule has 0 amide bonds. The predicted molar refractivity (Wildman–Crippen MR) is 40.9 cm³/mol. The van der Waals surface area contributed by atoms with Crippen LogP contribution in [-0.4, -0.2) is 17.0 Å². The molecule has 10 heavy (non-hydrogen) atoms. The summed E-state index contributed by atoms with van der Waals surface area (Å²) in [6.45, 7) is 0. The van der Waals surface area contributed by atoms with Gasteiger partial charge in [0.05, 0.1) is 0 Å². The number of nitrogens with zero attached hydrogens (tertiary/aromatic N) is 2. The number of hydrogen-bond donors (Lipinski definition) is 0. The first-order valence-corrected chi connectivity index (χ1v) is 3.11. The molecule has 1 aromatic carbocycles. The van der Waals surface area contributed by atoms with E-state index in [2.05, 4.69) is 9.78 Å². The van der Waals surface area contributed by atoms with Crippen molar-refractivity contribution in [2.45, 2.75) is 0 Å². The third-order valence-corrected chi connectivity index (χ3v) is 1.41. The Bertz CT molecular complexity index is 283. The van der Waals surface area contributed by atoms with Crippen molar-refractivity contribution in [2.75, 3.05) is 0 Å². The Balaban J connectivity index is 2.89.